The average molecular weight is 340 g/mol. The van der Waals surface area contributed by atoms with Gasteiger partial charge < -0.3 is 19.7 Å². The zero-order valence-electron chi connectivity index (χ0n) is 16.0. The van der Waals surface area contributed by atoms with E-state index in [0.717, 1.165) is 0 Å². The van der Waals surface area contributed by atoms with Crippen LogP contribution in [0.4, 0.5) is 20.6 Å². The van der Waals surface area contributed by atoms with E-state index in [-0.39, 0.29) is 13.1 Å². The molecular formula is C16H20FN3O4. The van der Waals surface area contributed by atoms with Crippen molar-refractivity contribution in [3.05, 3.63) is 24.0 Å². The van der Waals surface area contributed by atoms with Gasteiger partial charge in [-0.3, -0.25) is 9.69 Å². The van der Waals surface area contributed by atoms with Crippen molar-refractivity contribution < 1.29 is 27.6 Å². The van der Waals surface area contributed by atoms with Crippen LogP contribution < -0.4 is 15.1 Å². The molecular weight excluding hydrogens is 317 g/mol. The highest BCUT2D eigenvalue weighted by molar-refractivity contribution is 5.90. The standard InChI is InChI=1S/C16H20FN3O4/c1-11(21)18-9-13-10-20(16(22)24-13)12-2-3-15(14(17)8-12)19-4-6-23-7-5-19/h2-3,8,13H,4-7,9-10H2,1H3,(H,18,21)/i1D3. The lowest BCUT2D eigenvalue weighted by molar-refractivity contribution is -0.119. The molecule has 3 rings (SSSR count). The van der Waals surface area contributed by atoms with E-state index in [0.29, 0.717) is 37.7 Å². The van der Waals surface area contributed by atoms with E-state index in [9.17, 15) is 14.0 Å². The molecule has 0 aromatic heterocycles. The van der Waals surface area contributed by atoms with Gasteiger partial charge in [-0.05, 0) is 18.2 Å². The summed E-state index contributed by atoms with van der Waals surface area (Å²) in [6, 6.07) is 4.49. The maximum absolute atomic E-state index is 14.5. The van der Waals surface area contributed by atoms with Gasteiger partial charge in [-0.15, -0.1) is 0 Å². The number of amides is 2. The van der Waals surface area contributed by atoms with Crippen molar-refractivity contribution in [3.8, 4) is 0 Å². The fourth-order valence-electron chi connectivity index (χ4n) is 2.77. The van der Waals surface area contributed by atoms with E-state index in [1.165, 1.54) is 11.0 Å². The van der Waals surface area contributed by atoms with Crippen LogP contribution in [0.1, 0.15) is 11.0 Å². The SMILES string of the molecule is [2H]C([2H])([2H])C(=O)NCC1CN(c2ccc(N3CCOCC3)c(F)c2)C(=O)O1. The van der Waals surface area contributed by atoms with Crippen LogP contribution in [0.15, 0.2) is 18.2 Å². The number of ether oxygens (including phenoxy) is 2. The predicted molar refractivity (Wildman–Crippen MR) is 85.7 cm³/mol. The van der Waals surface area contributed by atoms with Gasteiger partial charge in [0, 0.05) is 24.1 Å². The molecule has 2 fully saturated rings. The van der Waals surface area contributed by atoms with Gasteiger partial charge in [-0.2, -0.15) is 0 Å². The Morgan fingerprint density at radius 3 is 2.96 bits per heavy atom. The number of cyclic esters (lactones) is 1. The van der Waals surface area contributed by atoms with Crippen LogP contribution in [0.5, 0.6) is 0 Å². The lowest BCUT2D eigenvalue weighted by Crippen LogP contribution is -2.36. The molecule has 2 aliphatic heterocycles. The lowest BCUT2D eigenvalue weighted by Gasteiger charge is -2.29. The van der Waals surface area contributed by atoms with Gasteiger partial charge in [0.05, 0.1) is 37.7 Å². The molecule has 1 aromatic carbocycles. The Hall–Kier alpha value is -2.35. The van der Waals surface area contributed by atoms with Crippen molar-refractivity contribution in [2.24, 2.45) is 0 Å². The molecule has 1 aromatic rings. The summed E-state index contributed by atoms with van der Waals surface area (Å²) in [7, 11) is 0. The molecule has 0 saturated carbocycles. The van der Waals surface area contributed by atoms with Crippen molar-refractivity contribution in [2.45, 2.75) is 13.0 Å². The summed E-state index contributed by atoms with van der Waals surface area (Å²) in [6.45, 7) is -0.571. The Morgan fingerprint density at radius 1 is 1.46 bits per heavy atom. The first-order valence-electron chi connectivity index (χ1n) is 9.14. The molecule has 0 radical (unpaired) electrons. The molecule has 8 heteroatoms. The van der Waals surface area contributed by atoms with E-state index < -0.39 is 30.8 Å². The molecule has 0 spiro atoms. The molecule has 0 bridgehead atoms. The molecule has 2 amide bonds. The minimum Gasteiger partial charge on any atom is -0.442 e. The van der Waals surface area contributed by atoms with Crippen molar-refractivity contribution >= 4 is 23.4 Å². The number of carbonyl (C=O) groups excluding carboxylic acids is 2. The minimum atomic E-state index is -2.76. The molecule has 1 atom stereocenters. The predicted octanol–water partition coefficient (Wildman–Crippen LogP) is 1.12. The van der Waals surface area contributed by atoms with Gasteiger partial charge in [0.15, 0.2) is 0 Å². The maximum Gasteiger partial charge on any atom is 0.414 e. The van der Waals surface area contributed by atoms with Crippen LogP contribution in [0.2, 0.25) is 0 Å². The van der Waals surface area contributed by atoms with Crippen LogP contribution in [0, 0.1) is 5.82 Å². The Bertz CT molecular complexity index is 725. The fourth-order valence-corrected chi connectivity index (χ4v) is 2.77. The summed E-state index contributed by atoms with van der Waals surface area (Å²) in [5.41, 5.74) is 0.773. The van der Waals surface area contributed by atoms with Crippen molar-refractivity contribution in [1.82, 2.24) is 5.32 Å². The average Bonchev–Trinajstić information content (AvgIpc) is 3.00. The summed E-state index contributed by atoms with van der Waals surface area (Å²) in [6.07, 6.45) is -1.40. The number of hydrogen-bond acceptors (Lipinski definition) is 5. The summed E-state index contributed by atoms with van der Waals surface area (Å²) < 4.78 is 45.9. The Morgan fingerprint density at radius 2 is 2.25 bits per heavy atom. The first-order chi connectivity index (χ1) is 12.8. The third-order valence-corrected chi connectivity index (χ3v) is 3.96. The lowest BCUT2D eigenvalue weighted by atomic mass is 10.2. The summed E-state index contributed by atoms with van der Waals surface area (Å²) >= 11 is 0. The molecule has 2 aliphatic rings. The smallest absolute Gasteiger partial charge is 0.414 e. The summed E-state index contributed by atoms with van der Waals surface area (Å²) in [5.74, 6) is -1.57. The highest BCUT2D eigenvalue weighted by atomic mass is 19.1. The van der Waals surface area contributed by atoms with Crippen LogP contribution >= 0.6 is 0 Å². The number of nitrogens with zero attached hydrogens (tertiary/aromatic N) is 2. The quantitative estimate of drug-likeness (QED) is 0.889. The van der Waals surface area contributed by atoms with Gasteiger partial charge >= 0.3 is 6.09 Å². The zero-order chi connectivity index (χ0) is 19.6. The third kappa shape index (κ3) is 3.59. The number of carbonyl (C=O) groups is 2. The normalized spacial score (nSPS) is 23.3. The molecule has 2 heterocycles. The summed E-state index contributed by atoms with van der Waals surface area (Å²) in [4.78, 5) is 26.6. The molecule has 0 aliphatic carbocycles. The Labute approximate surface area is 143 Å². The Kier molecular flexibility index (Phi) is 3.81. The van der Waals surface area contributed by atoms with Gasteiger partial charge in [0.2, 0.25) is 5.91 Å². The molecule has 1 N–H and O–H groups in total. The van der Waals surface area contributed by atoms with Gasteiger partial charge in [0.1, 0.15) is 11.9 Å². The van der Waals surface area contributed by atoms with Crippen molar-refractivity contribution in [3.63, 3.8) is 0 Å². The molecule has 130 valence electrons. The number of nitrogens with one attached hydrogen (secondary N) is 1. The Balaban J connectivity index is 1.63. The van der Waals surface area contributed by atoms with Crippen LogP contribution in [-0.4, -0.2) is 57.5 Å². The number of morpholine rings is 1. The highest BCUT2D eigenvalue weighted by Gasteiger charge is 2.32. The van der Waals surface area contributed by atoms with Crippen LogP contribution in [-0.2, 0) is 14.3 Å². The zero-order valence-corrected chi connectivity index (χ0v) is 13.0. The summed E-state index contributed by atoms with van der Waals surface area (Å²) in [5, 5.41) is 2.22. The van der Waals surface area contributed by atoms with E-state index >= 15 is 0 Å². The fraction of sp³-hybridized carbons (Fsp3) is 0.500. The largest absolute Gasteiger partial charge is 0.442 e. The number of halogens is 1. The number of benzene rings is 1. The molecule has 1 unspecified atom stereocenters. The second-order valence-corrected chi connectivity index (χ2v) is 5.56. The first kappa shape index (κ1) is 13.0. The second-order valence-electron chi connectivity index (χ2n) is 5.56. The maximum atomic E-state index is 14.5. The van der Waals surface area contributed by atoms with Gasteiger partial charge in [-0.25, -0.2) is 9.18 Å². The topological polar surface area (TPSA) is 71.1 Å². The van der Waals surface area contributed by atoms with Crippen molar-refractivity contribution in [2.75, 3.05) is 49.2 Å². The molecule has 7 nitrogen and oxygen atoms in total. The number of rotatable bonds is 4. The van der Waals surface area contributed by atoms with E-state index in [2.05, 4.69) is 5.32 Å². The van der Waals surface area contributed by atoms with E-state index in [4.69, 9.17) is 13.6 Å². The highest BCUT2D eigenvalue weighted by Crippen LogP contribution is 2.28. The van der Waals surface area contributed by atoms with E-state index in [1.807, 2.05) is 4.90 Å². The minimum absolute atomic E-state index is 0.0798. The first-order valence-corrected chi connectivity index (χ1v) is 7.64. The van der Waals surface area contributed by atoms with Gasteiger partial charge in [0.25, 0.3) is 0 Å². The van der Waals surface area contributed by atoms with Crippen molar-refractivity contribution in [1.29, 1.82) is 0 Å². The molecule has 24 heavy (non-hydrogen) atoms. The number of anilines is 2. The molecule has 2 saturated heterocycles. The monoisotopic (exact) mass is 340 g/mol. The second kappa shape index (κ2) is 7.04. The van der Waals surface area contributed by atoms with Crippen LogP contribution in [0.25, 0.3) is 0 Å². The van der Waals surface area contributed by atoms with E-state index in [1.54, 1.807) is 12.1 Å². The van der Waals surface area contributed by atoms with Gasteiger partial charge in [-0.1, -0.05) is 0 Å². The third-order valence-electron chi connectivity index (χ3n) is 3.96. The number of hydrogen-bond donors (Lipinski definition) is 1. The van der Waals surface area contributed by atoms with Crippen LogP contribution in [0.3, 0.4) is 0 Å².